The Labute approximate surface area is 156 Å². The van der Waals surface area contributed by atoms with Crippen LogP contribution in [-0.2, 0) is 6.54 Å². The molecule has 0 amide bonds. The van der Waals surface area contributed by atoms with E-state index in [0.717, 1.165) is 17.1 Å². The van der Waals surface area contributed by atoms with Gasteiger partial charge >= 0.3 is 6.16 Å². The summed E-state index contributed by atoms with van der Waals surface area (Å²) in [6, 6.07) is 20.5. The molecule has 3 aromatic rings. The SMILES string of the molecule is CCN(Cc1ccccc1Oc1ccccc1)c1ccc(OC(=O)O)nn1. The summed E-state index contributed by atoms with van der Waals surface area (Å²) in [7, 11) is 0. The molecule has 0 saturated heterocycles. The van der Waals surface area contributed by atoms with Crippen LogP contribution in [0.1, 0.15) is 12.5 Å². The Hall–Kier alpha value is -3.61. The van der Waals surface area contributed by atoms with Crippen molar-refractivity contribution in [3.63, 3.8) is 0 Å². The lowest BCUT2D eigenvalue weighted by atomic mass is 10.2. The summed E-state index contributed by atoms with van der Waals surface area (Å²) in [4.78, 5) is 12.6. The van der Waals surface area contributed by atoms with Crippen molar-refractivity contribution in [1.82, 2.24) is 10.2 Å². The van der Waals surface area contributed by atoms with Gasteiger partial charge < -0.3 is 19.5 Å². The normalized spacial score (nSPS) is 10.3. The Kier molecular flexibility index (Phi) is 5.84. The van der Waals surface area contributed by atoms with Crippen molar-refractivity contribution in [2.24, 2.45) is 0 Å². The first-order valence-electron chi connectivity index (χ1n) is 8.46. The molecule has 27 heavy (non-hydrogen) atoms. The van der Waals surface area contributed by atoms with E-state index in [2.05, 4.69) is 14.9 Å². The van der Waals surface area contributed by atoms with E-state index < -0.39 is 6.16 Å². The van der Waals surface area contributed by atoms with Crippen LogP contribution in [0.15, 0.2) is 66.7 Å². The summed E-state index contributed by atoms with van der Waals surface area (Å²) >= 11 is 0. The van der Waals surface area contributed by atoms with Gasteiger partial charge in [-0.2, -0.15) is 0 Å². The number of aromatic nitrogens is 2. The summed E-state index contributed by atoms with van der Waals surface area (Å²) in [6.45, 7) is 3.25. The van der Waals surface area contributed by atoms with Crippen molar-refractivity contribution in [1.29, 1.82) is 0 Å². The van der Waals surface area contributed by atoms with E-state index >= 15 is 0 Å². The molecule has 0 atom stereocenters. The Morgan fingerprint density at radius 3 is 2.41 bits per heavy atom. The number of carbonyl (C=O) groups is 1. The molecule has 1 heterocycles. The minimum Gasteiger partial charge on any atom is -0.457 e. The van der Waals surface area contributed by atoms with Crippen molar-refractivity contribution >= 4 is 12.0 Å². The predicted octanol–water partition coefficient (Wildman–Crippen LogP) is 4.35. The molecule has 2 aromatic carbocycles. The third-order valence-electron chi connectivity index (χ3n) is 3.83. The number of hydrogen-bond donors (Lipinski definition) is 1. The number of para-hydroxylation sites is 2. The number of rotatable bonds is 7. The summed E-state index contributed by atoms with van der Waals surface area (Å²) in [5, 5.41) is 16.5. The first-order valence-corrected chi connectivity index (χ1v) is 8.46. The zero-order chi connectivity index (χ0) is 19.1. The summed E-state index contributed by atoms with van der Waals surface area (Å²) in [5.74, 6) is 2.09. The lowest BCUT2D eigenvalue weighted by Crippen LogP contribution is -2.23. The first-order chi connectivity index (χ1) is 13.2. The Morgan fingerprint density at radius 2 is 1.74 bits per heavy atom. The zero-order valence-electron chi connectivity index (χ0n) is 14.8. The number of anilines is 1. The van der Waals surface area contributed by atoms with Gasteiger partial charge in [0.25, 0.3) is 0 Å². The van der Waals surface area contributed by atoms with E-state index in [4.69, 9.17) is 9.84 Å². The second-order valence-electron chi connectivity index (χ2n) is 5.63. The Bertz CT molecular complexity index is 885. The van der Waals surface area contributed by atoms with Crippen molar-refractivity contribution in [2.75, 3.05) is 11.4 Å². The molecule has 7 nitrogen and oxygen atoms in total. The van der Waals surface area contributed by atoms with E-state index in [9.17, 15) is 4.79 Å². The van der Waals surface area contributed by atoms with Crippen LogP contribution in [0.25, 0.3) is 0 Å². The summed E-state index contributed by atoms with van der Waals surface area (Å²) in [6.07, 6.45) is -1.42. The van der Waals surface area contributed by atoms with Crippen LogP contribution in [0.2, 0.25) is 0 Å². The monoisotopic (exact) mass is 365 g/mol. The molecule has 0 aliphatic rings. The van der Waals surface area contributed by atoms with Gasteiger partial charge in [0, 0.05) is 24.7 Å². The average molecular weight is 365 g/mol. The maximum absolute atomic E-state index is 10.6. The van der Waals surface area contributed by atoms with Gasteiger partial charge in [-0.1, -0.05) is 36.4 Å². The van der Waals surface area contributed by atoms with Crippen molar-refractivity contribution < 1.29 is 19.4 Å². The lowest BCUT2D eigenvalue weighted by Gasteiger charge is -2.22. The number of nitrogens with zero attached hydrogens (tertiary/aromatic N) is 3. The fraction of sp³-hybridized carbons (Fsp3) is 0.150. The summed E-state index contributed by atoms with van der Waals surface area (Å²) in [5.41, 5.74) is 0.996. The highest BCUT2D eigenvalue weighted by Gasteiger charge is 2.12. The maximum Gasteiger partial charge on any atom is 0.512 e. The third-order valence-corrected chi connectivity index (χ3v) is 3.83. The zero-order valence-corrected chi connectivity index (χ0v) is 14.8. The van der Waals surface area contributed by atoms with Crippen LogP contribution in [0.3, 0.4) is 0 Å². The Balaban J connectivity index is 1.77. The van der Waals surface area contributed by atoms with Crippen LogP contribution < -0.4 is 14.4 Å². The molecule has 0 bridgehead atoms. The van der Waals surface area contributed by atoms with Crippen LogP contribution in [0.5, 0.6) is 17.4 Å². The van der Waals surface area contributed by atoms with Gasteiger partial charge in [-0.05, 0) is 31.2 Å². The molecular weight excluding hydrogens is 346 g/mol. The molecule has 7 heteroatoms. The molecule has 0 spiro atoms. The van der Waals surface area contributed by atoms with E-state index in [0.29, 0.717) is 18.9 Å². The largest absolute Gasteiger partial charge is 0.512 e. The maximum atomic E-state index is 10.6. The molecule has 1 N–H and O–H groups in total. The molecule has 3 rings (SSSR count). The number of hydrogen-bond acceptors (Lipinski definition) is 6. The predicted molar refractivity (Wildman–Crippen MR) is 100 cm³/mol. The molecule has 0 radical (unpaired) electrons. The number of ether oxygens (including phenoxy) is 2. The first kappa shape index (κ1) is 18.2. The third kappa shape index (κ3) is 4.94. The van der Waals surface area contributed by atoms with Crippen LogP contribution >= 0.6 is 0 Å². The highest BCUT2D eigenvalue weighted by molar-refractivity contribution is 5.60. The van der Waals surface area contributed by atoms with Crippen molar-refractivity contribution in [3.05, 3.63) is 72.3 Å². The average Bonchev–Trinajstić information content (AvgIpc) is 2.68. The highest BCUT2D eigenvalue weighted by Crippen LogP contribution is 2.27. The van der Waals surface area contributed by atoms with E-state index in [1.54, 1.807) is 6.07 Å². The smallest absolute Gasteiger partial charge is 0.457 e. The van der Waals surface area contributed by atoms with Gasteiger partial charge in [0.2, 0.25) is 5.88 Å². The topological polar surface area (TPSA) is 84.8 Å². The van der Waals surface area contributed by atoms with Gasteiger partial charge in [0.15, 0.2) is 5.82 Å². The fourth-order valence-corrected chi connectivity index (χ4v) is 2.54. The van der Waals surface area contributed by atoms with Gasteiger partial charge in [-0.25, -0.2) is 4.79 Å². The summed E-state index contributed by atoms with van der Waals surface area (Å²) < 4.78 is 10.5. The van der Waals surface area contributed by atoms with Gasteiger partial charge in [-0.15, -0.1) is 10.2 Å². The number of benzene rings is 2. The van der Waals surface area contributed by atoms with Crippen LogP contribution in [-0.4, -0.2) is 28.0 Å². The molecule has 0 aliphatic carbocycles. The second-order valence-corrected chi connectivity index (χ2v) is 5.63. The van der Waals surface area contributed by atoms with Crippen molar-refractivity contribution in [2.45, 2.75) is 13.5 Å². The fourth-order valence-electron chi connectivity index (χ4n) is 2.54. The van der Waals surface area contributed by atoms with Crippen molar-refractivity contribution in [3.8, 4) is 17.4 Å². The number of carboxylic acid groups (broad SMARTS) is 1. The molecule has 0 fully saturated rings. The Morgan fingerprint density at radius 1 is 1.00 bits per heavy atom. The molecular formula is C20H19N3O4. The molecule has 0 saturated carbocycles. The van der Waals surface area contributed by atoms with Gasteiger partial charge in [-0.3, -0.25) is 0 Å². The molecule has 1 aromatic heterocycles. The molecule has 138 valence electrons. The standard InChI is InChI=1S/C20H19N3O4/c1-2-23(18-12-13-19(22-21-18)27-20(24)25)14-15-8-6-7-11-17(15)26-16-9-4-3-5-10-16/h3-13H,2,14H2,1H3,(H,24,25). The lowest BCUT2D eigenvalue weighted by molar-refractivity contribution is 0.142. The molecule has 0 aliphatic heterocycles. The highest BCUT2D eigenvalue weighted by atomic mass is 16.7. The van der Waals surface area contributed by atoms with E-state index in [1.807, 2.05) is 66.4 Å². The van der Waals surface area contributed by atoms with Crippen LogP contribution in [0, 0.1) is 0 Å². The van der Waals surface area contributed by atoms with E-state index in [-0.39, 0.29) is 5.88 Å². The van der Waals surface area contributed by atoms with E-state index in [1.165, 1.54) is 6.07 Å². The molecule has 0 unspecified atom stereocenters. The van der Waals surface area contributed by atoms with Gasteiger partial charge in [0.1, 0.15) is 11.5 Å². The van der Waals surface area contributed by atoms with Gasteiger partial charge in [0.05, 0.1) is 0 Å². The second kappa shape index (κ2) is 8.66. The minimum absolute atomic E-state index is 0.0601. The quantitative estimate of drug-likeness (QED) is 0.623. The minimum atomic E-state index is -1.42. The van der Waals surface area contributed by atoms with Crippen LogP contribution in [0.4, 0.5) is 10.6 Å².